The molecule has 4 atom stereocenters. The maximum Gasteiger partial charge on any atom is 0.271 e. The lowest BCUT2D eigenvalue weighted by atomic mass is 9.68. The molecule has 3 N–H and O–H groups in total. The minimum atomic E-state index is -1.06. The van der Waals surface area contributed by atoms with Gasteiger partial charge in [0.05, 0.1) is 45.8 Å². The first-order valence-corrected chi connectivity index (χ1v) is 16.2. The van der Waals surface area contributed by atoms with Crippen LogP contribution in [0, 0.1) is 31.4 Å². The Kier molecular flexibility index (Phi) is 10.6. The molecule has 1 saturated heterocycles. The lowest BCUT2D eigenvalue weighted by molar-refractivity contribution is -0.384. The molecule has 11 nitrogen and oxygen atoms in total. The number of anilines is 1. The third kappa shape index (κ3) is 7.19. The number of nitro benzene ring substituents is 1. The molecule has 12 heteroatoms. The van der Waals surface area contributed by atoms with E-state index in [9.17, 15) is 35.0 Å². The molecule has 1 aliphatic carbocycles. The molecule has 2 aliphatic rings. The molecule has 1 heterocycles. The molecule has 0 unspecified atom stereocenters. The number of ether oxygens (including phenoxy) is 2. The van der Waals surface area contributed by atoms with E-state index in [4.69, 9.17) is 9.47 Å². The number of aliphatic hydroxyl groups is 2. The number of amides is 2. The van der Waals surface area contributed by atoms with Crippen LogP contribution in [0.25, 0.3) is 6.08 Å². The second kappa shape index (κ2) is 14.7. The van der Waals surface area contributed by atoms with Gasteiger partial charge in [0, 0.05) is 18.1 Å². The first-order chi connectivity index (χ1) is 22.5. The monoisotopic (exact) mass is 754 g/mol. The van der Waals surface area contributed by atoms with E-state index < -0.39 is 47.2 Å². The summed E-state index contributed by atoms with van der Waals surface area (Å²) in [6.07, 6.45) is 1.73. The number of allylic oxidation sites excluding steroid dienone is 1. The fourth-order valence-electron chi connectivity index (χ4n) is 6.49. The molecule has 1 fully saturated rings. The van der Waals surface area contributed by atoms with Gasteiger partial charge < -0.3 is 24.8 Å². The van der Waals surface area contributed by atoms with Gasteiger partial charge in [-0.05, 0) is 95.8 Å². The lowest BCUT2D eigenvalue weighted by Gasteiger charge is -2.36. The van der Waals surface area contributed by atoms with Crippen LogP contribution >= 0.6 is 22.6 Å². The molecule has 246 valence electrons. The zero-order valence-corrected chi connectivity index (χ0v) is 28.0. The van der Waals surface area contributed by atoms with Crippen LogP contribution in [0.15, 0.2) is 83.4 Å². The van der Waals surface area contributed by atoms with Gasteiger partial charge >= 0.3 is 0 Å². The number of hydrogen-bond acceptors (Lipinski definition) is 9. The molecule has 0 saturated carbocycles. The van der Waals surface area contributed by atoms with Crippen LogP contribution in [0.3, 0.4) is 0 Å². The molecule has 3 aromatic rings. The topological polar surface area (TPSA) is 160 Å². The number of aromatic hydroxyl groups is 1. The van der Waals surface area contributed by atoms with Gasteiger partial charge in [0.15, 0.2) is 11.5 Å². The molecule has 1 aliphatic heterocycles. The number of methoxy groups -OCH3 is 1. The maximum atomic E-state index is 13.9. The third-order valence-corrected chi connectivity index (χ3v) is 9.51. The zero-order chi connectivity index (χ0) is 33.8. The minimum Gasteiger partial charge on any atom is -0.504 e. The van der Waals surface area contributed by atoms with Crippen molar-refractivity contribution >= 4 is 51.9 Å². The summed E-state index contributed by atoms with van der Waals surface area (Å²) in [6.45, 7) is 1.46. The Bertz CT molecular complexity index is 1740. The highest BCUT2D eigenvalue weighted by Gasteiger charge is 2.55. The Labute approximate surface area is 285 Å². The van der Waals surface area contributed by atoms with E-state index in [0.29, 0.717) is 32.6 Å². The number of aliphatic hydroxyl groups excluding tert-OH is 2. The summed E-state index contributed by atoms with van der Waals surface area (Å²) in [7, 11) is 1.48. The predicted octanol–water partition coefficient (Wildman–Crippen LogP) is 5.65. The molecule has 3 aromatic carbocycles. The number of nitrogens with zero attached hydrogens (tertiary/aromatic N) is 2. The van der Waals surface area contributed by atoms with Crippen molar-refractivity contribution < 1.29 is 39.3 Å². The number of nitro groups is 1. The average molecular weight is 755 g/mol. The van der Waals surface area contributed by atoms with Crippen LogP contribution in [-0.4, -0.2) is 58.5 Å². The van der Waals surface area contributed by atoms with Crippen LogP contribution < -0.4 is 14.4 Å². The molecular weight excluding hydrogens is 719 g/mol. The number of rotatable bonds is 12. The summed E-state index contributed by atoms with van der Waals surface area (Å²) < 4.78 is 12.0. The van der Waals surface area contributed by atoms with Gasteiger partial charge in [-0.25, -0.2) is 4.90 Å². The molecule has 0 radical (unpaired) electrons. The summed E-state index contributed by atoms with van der Waals surface area (Å²) in [5.74, 6) is -2.75. The van der Waals surface area contributed by atoms with Crippen LogP contribution in [0.4, 0.5) is 11.4 Å². The Morgan fingerprint density at radius 1 is 1.13 bits per heavy atom. The number of phenolic OH excluding ortho intramolecular Hbond substituents is 1. The van der Waals surface area contributed by atoms with Gasteiger partial charge in [-0.1, -0.05) is 35.9 Å². The van der Waals surface area contributed by atoms with Crippen molar-refractivity contribution in [2.75, 3.05) is 25.2 Å². The molecule has 5 rings (SSSR count). The van der Waals surface area contributed by atoms with Crippen molar-refractivity contribution in [1.82, 2.24) is 0 Å². The first kappa shape index (κ1) is 34.1. The summed E-state index contributed by atoms with van der Waals surface area (Å²) in [5.41, 5.74) is 2.69. The van der Waals surface area contributed by atoms with Crippen molar-refractivity contribution in [3.63, 3.8) is 0 Å². The van der Waals surface area contributed by atoms with Crippen LogP contribution in [0.5, 0.6) is 17.2 Å². The first-order valence-electron chi connectivity index (χ1n) is 15.1. The number of imide groups is 1. The van der Waals surface area contributed by atoms with Crippen LogP contribution in [0.2, 0.25) is 0 Å². The van der Waals surface area contributed by atoms with Crippen molar-refractivity contribution in [1.29, 1.82) is 0 Å². The van der Waals surface area contributed by atoms with E-state index in [1.54, 1.807) is 18.2 Å². The highest BCUT2D eigenvalue weighted by Crippen LogP contribution is 2.47. The van der Waals surface area contributed by atoms with Gasteiger partial charge in [-0.2, -0.15) is 0 Å². The number of para-hydroxylation sites is 1. The SMILES string of the molecule is COc1cc(/C=C(\C)CC[C@@H](O)C2=C(COc3ccccc3)C[C@H]3C(=O)N(c4cccc([N+](=O)[O-])c4)C(=O)[C@H]3[C@H]2CO)cc(I)c1O. The number of fused-ring (bicyclic) bond motifs is 1. The van der Waals surface area contributed by atoms with Gasteiger partial charge in [-0.3, -0.25) is 19.7 Å². The second-order valence-electron chi connectivity index (χ2n) is 11.7. The van der Waals surface area contributed by atoms with Gasteiger partial charge in [0.25, 0.3) is 5.69 Å². The Hall–Kier alpha value is -4.27. The van der Waals surface area contributed by atoms with E-state index in [-0.39, 0.29) is 36.6 Å². The number of hydrogen-bond donors (Lipinski definition) is 3. The fraction of sp³-hybridized carbons (Fsp3) is 0.314. The second-order valence-corrected chi connectivity index (χ2v) is 12.8. The maximum absolute atomic E-state index is 13.9. The van der Waals surface area contributed by atoms with Crippen molar-refractivity contribution in [2.24, 2.45) is 17.8 Å². The molecule has 47 heavy (non-hydrogen) atoms. The van der Waals surface area contributed by atoms with Crippen molar-refractivity contribution in [2.45, 2.75) is 32.3 Å². The van der Waals surface area contributed by atoms with Crippen LogP contribution in [0.1, 0.15) is 31.7 Å². The number of carbonyl (C=O) groups excluding carboxylic acids is 2. The summed E-state index contributed by atoms with van der Waals surface area (Å²) >= 11 is 2.03. The number of benzene rings is 3. The minimum absolute atomic E-state index is 0.0367. The number of carbonyl (C=O) groups is 2. The summed E-state index contributed by atoms with van der Waals surface area (Å²) in [6, 6.07) is 18.0. The van der Waals surface area contributed by atoms with E-state index in [2.05, 4.69) is 0 Å². The number of non-ortho nitro benzene ring substituents is 1. The van der Waals surface area contributed by atoms with E-state index >= 15 is 0 Å². The van der Waals surface area contributed by atoms with Crippen molar-refractivity contribution in [3.05, 3.63) is 103 Å². The standard InChI is InChI=1S/C35H35IN2O9/c1-20(13-21-14-28(36)33(41)30(15-21)46-2)11-12-29(40)31-22(19-47-25-9-4-3-5-10-25)16-26-32(27(31)18-39)35(43)37(34(26)42)23-7-6-8-24(17-23)38(44)45/h3-10,13-15,17,26-27,29,32,39-41H,11-12,16,18-19H2,1-2H3/b20-13+/t26-,27+,29-,32-/m1/s1. The third-order valence-electron chi connectivity index (χ3n) is 8.69. The Balaban J connectivity index is 1.44. The van der Waals surface area contributed by atoms with Crippen LogP contribution in [-0.2, 0) is 9.59 Å². The molecule has 0 spiro atoms. The predicted molar refractivity (Wildman–Crippen MR) is 183 cm³/mol. The van der Waals surface area contributed by atoms with Gasteiger partial charge in [0.1, 0.15) is 12.4 Å². The zero-order valence-electron chi connectivity index (χ0n) is 25.8. The Morgan fingerprint density at radius 2 is 1.87 bits per heavy atom. The normalized spacial score (nSPS) is 20.3. The van der Waals surface area contributed by atoms with Crippen molar-refractivity contribution in [3.8, 4) is 17.2 Å². The van der Waals surface area contributed by atoms with E-state index in [1.165, 1.54) is 31.4 Å². The highest BCUT2D eigenvalue weighted by atomic mass is 127. The van der Waals surface area contributed by atoms with Gasteiger partial charge in [-0.15, -0.1) is 0 Å². The lowest BCUT2D eigenvalue weighted by Crippen LogP contribution is -2.40. The molecule has 0 bridgehead atoms. The molecule has 2 amide bonds. The average Bonchev–Trinajstić information content (AvgIpc) is 3.32. The van der Waals surface area contributed by atoms with E-state index in [0.717, 1.165) is 16.0 Å². The number of halogens is 1. The largest absolute Gasteiger partial charge is 0.504 e. The highest BCUT2D eigenvalue weighted by molar-refractivity contribution is 14.1. The summed E-state index contributed by atoms with van der Waals surface area (Å²) in [5, 5.41) is 44.0. The van der Waals surface area contributed by atoms with Gasteiger partial charge in [0.2, 0.25) is 11.8 Å². The smallest absolute Gasteiger partial charge is 0.271 e. The fourth-order valence-corrected chi connectivity index (χ4v) is 7.11. The quantitative estimate of drug-likeness (QED) is 0.0699. The number of phenols is 1. The summed E-state index contributed by atoms with van der Waals surface area (Å²) in [4.78, 5) is 39.4. The molecule has 0 aromatic heterocycles. The molecular formula is C35H35IN2O9. The van der Waals surface area contributed by atoms with E-state index in [1.807, 2.05) is 59.9 Å². The Morgan fingerprint density at radius 3 is 2.55 bits per heavy atom.